The van der Waals surface area contributed by atoms with Gasteiger partial charge in [0, 0.05) is 6.54 Å². The minimum absolute atomic E-state index is 0.163. The van der Waals surface area contributed by atoms with Gasteiger partial charge in [-0.1, -0.05) is 6.08 Å². The van der Waals surface area contributed by atoms with Crippen molar-refractivity contribution < 1.29 is 27.8 Å². The Hall–Kier alpha value is -1.08. The van der Waals surface area contributed by atoms with Gasteiger partial charge in [0.1, 0.15) is 0 Å². The van der Waals surface area contributed by atoms with Crippen molar-refractivity contribution in [1.29, 1.82) is 0 Å². The average molecular weight is 227 g/mol. The number of carbonyl (C=O) groups excluding carboxylic acids is 1. The second-order valence-corrected chi connectivity index (χ2v) is 2.69. The maximum atomic E-state index is 11.7. The molecule has 0 saturated carbocycles. The van der Waals surface area contributed by atoms with Crippen LogP contribution in [0.1, 0.15) is 0 Å². The van der Waals surface area contributed by atoms with Crippen molar-refractivity contribution in [3.8, 4) is 0 Å². The fraction of sp³-hybridized carbons (Fsp3) is 0.625. The summed E-state index contributed by atoms with van der Waals surface area (Å²) in [5, 5.41) is 10.6. The second-order valence-electron chi connectivity index (χ2n) is 2.69. The molecule has 0 aromatic rings. The number of aliphatic hydroxyl groups excluding tert-OH is 1. The van der Waals surface area contributed by atoms with E-state index in [9.17, 15) is 18.0 Å². The van der Waals surface area contributed by atoms with Gasteiger partial charge in [0.05, 0.1) is 19.3 Å². The molecule has 0 saturated heterocycles. The smallest absolute Gasteiger partial charge is 0.389 e. The molecular formula is C8H12F3NO3. The van der Waals surface area contributed by atoms with Crippen molar-refractivity contribution >= 4 is 5.91 Å². The lowest BCUT2D eigenvalue weighted by molar-refractivity contribution is -0.174. The van der Waals surface area contributed by atoms with Gasteiger partial charge in [-0.2, -0.15) is 13.2 Å². The molecule has 0 heterocycles. The van der Waals surface area contributed by atoms with E-state index in [1.807, 2.05) is 0 Å². The van der Waals surface area contributed by atoms with Crippen LogP contribution in [0.15, 0.2) is 12.7 Å². The van der Waals surface area contributed by atoms with Crippen LogP contribution in [0, 0.1) is 0 Å². The molecule has 1 atom stereocenters. The van der Waals surface area contributed by atoms with Crippen molar-refractivity contribution in [2.24, 2.45) is 0 Å². The van der Waals surface area contributed by atoms with E-state index in [2.05, 4.69) is 6.58 Å². The molecular weight excluding hydrogens is 215 g/mol. The third-order valence-corrected chi connectivity index (χ3v) is 1.30. The first-order valence-corrected chi connectivity index (χ1v) is 4.09. The van der Waals surface area contributed by atoms with Crippen LogP contribution in [-0.4, -0.2) is 43.1 Å². The van der Waals surface area contributed by atoms with Crippen LogP contribution in [0.25, 0.3) is 0 Å². The number of amides is 1. The van der Waals surface area contributed by atoms with E-state index in [0.29, 0.717) is 0 Å². The van der Waals surface area contributed by atoms with Crippen LogP contribution in [-0.2, 0) is 9.53 Å². The maximum absolute atomic E-state index is 11.7. The highest BCUT2D eigenvalue weighted by Crippen LogP contribution is 2.13. The third kappa shape index (κ3) is 6.92. The zero-order valence-electron chi connectivity index (χ0n) is 7.88. The van der Waals surface area contributed by atoms with Crippen LogP contribution in [0.2, 0.25) is 0 Å². The Labute approximate surface area is 84.7 Å². The molecule has 0 bridgehead atoms. The third-order valence-electron chi connectivity index (χ3n) is 1.30. The summed E-state index contributed by atoms with van der Waals surface area (Å²) < 4.78 is 39.8. The van der Waals surface area contributed by atoms with Gasteiger partial charge in [-0.25, -0.2) is 0 Å². The highest BCUT2D eigenvalue weighted by Gasteiger charge is 2.38. The quantitative estimate of drug-likeness (QED) is 0.504. The van der Waals surface area contributed by atoms with E-state index in [1.54, 1.807) is 0 Å². The van der Waals surface area contributed by atoms with Crippen molar-refractivity contribution in [3.05, 3.63) is 12.7 Å². The molecule has 15 heavy (non-hydrogen) atoms. The monoisotopic (exact) mass is 227 g/mol. The topological polar surface area (TPSA) is 58.6 Å². The zero-order chi connectivity index (χ0) is 11.9. The number of hydrogen-bond acceptors (Lipinski definition) is 3. The Morgan fingerprint density at radius 2 is 2.20 bits per heavy atom. The summed E-state index contributed by atoms with van der Waals surface area (Å²) in [6, 6.07) is 0. The van der Waals surface area contributed by atoms with Crippen molar-refractivity contribution in [3.63, 3.8) is 0 Å². The van der Waals surface area contributed by atoms with E-state index in [0.717, 1.165) is 0 Å². The first-order chi connectivity index (χ1) is 6.88. The normalized spacial score (nSPS) is 13.3. The van der Waals surface area contributed by atoms with Gasteiger partial charge in [0.25, 0.3) is 0 Å². The van der Waals surface area contributed by atoms with Crippen molar-refractivity contribution in [2.75, 3.05) is 19.8 Å². The number of hydrogen-bond donors (Lipinski definition) is 2. The fourth-order valence-electron chi connectivity index (χ4n) is 0.657. The first kappa shape index (κ1) is 13.9. The molecule has 0 aliphatic carbocycles. The number of alkyl halides is 3. The summed E-state index contributed by atoms with van der Waals surface area (Å²) in [6.45, 7) is 2.86. The molecule has 4 nitrogen and oxygen atoms in total. The van der Waals surface area contributed by atoms with Crippen LogP contribution in [0.3, 0.4) is 0 Å². The van der Waals surface area contributed by atoms with Gasteiger partial charge in [0.2, 0.25) is 0 Å². The minimum atomic E-state index is -4.93. The molecule has 0 aliphatic heterocycles. The Balaban J connectivity index is 3.66. The van der Waals surface area contributed by atoms with E-state index >= 15 is 0 Å². The van der Waals surface area contributed by atoms with Crippen molar-refractivity contribution in [2.45, 2.75) is 12.3 Å². The predicted octanol–water partition coefficient (Wildman–Crippen LogP) is 0.228. The lowest BCUT2D eigenvalue weighted by Crippen LogP contribution is -2.41. The number of halogens is 3. The van der Waals surface area contributed by atoms with Gasteiger partial charge in [-0.15, -0.1) is 6.58 Å². The van der Waals surface area contributed by atoms with Gasteiger partial charge in [-0.3, -0.25) is 4.79 Å². The highest BCUT2D eigenvalue weighted by atomic mass is 19.4. The number of aliphatic hydroxyl groups is 1. The highest BCUT2D eigenvalue weighted by molar-refractivity contribution is 5.81. The second kappa shape index (κ2) is 6.41. The maximum Gasteiger partial charge on any atom is 0.471 e. The molecule has 1 unspecified atom stereocenters. The van der Waals surface area contributed by atoms with E-state index in [-0.39, 0.29) is 13.2 Å². The summed E-state index contributed by atoms with van der Waals surface area (Å²) >= 11 is 0. The first-order valence-electron chi connectivity index (χ1n) is 4.09. The lowest BCUT2D eigenvalue weighted by atomic mass is 10.3. The number of nitrogens with one attached hydrogen (secondary N) is 1. The van der Waals surface area contributed by atoms with Gasteiger partial charge < -0.3 is 15.2 Å². The van der Waals surface area contributed by atoms with Gasteiger partial charge in [-0.05, 0) is 0 Å². The molecule has 0 aliphatic rings. The predicted molar refractivity (Wildman–Crippen MR) is 46.1 cm³/mol. The van der Waals surface area contributed by atoms with Crippen LogP contribution in [0.5, 0.6) is 0 Å². The summed E-state index contributed by atoms with van der Waals surface area (Å²) in [5.41, 5.74) is 0. The molecule has 0 fully saturated rings. The summed E-state index contributed by atoms with van der Waals surface area (Å²) in [4.78, 5) is 10.3. The number of ether oxygens (including phenoxy) is 1. The van der Waals surface area contributed by atoms with Crippen LogP contribution >= 0.6 is 0 Å². The Bertz CT molecular complexity index is 218. The molecule has 7 heteroatoms. The van der Waals surface area contributed by atoms with E-state index in [1.165, 1.54) is 11.4 Å². The van der Waals surface area contributed by atoms with E-state index in [4.69, 9.17) is 9.84 Å². The zero-order valence-corrected chi connectivity index (χ0v) is 7.88. The van der Waals surface area contributed by atoms with Crippen LogP contribution < -0.4 is 5.32 Å². The van der Waals surface area contributed by atoms with Gasteiger partial charge >= 0.3 is 12.1 Å². The lowest BCUT2D eigenvalue weighted by Gasteiger charge is -2.12. The molecule has 0 aromatic carbocycles. The Kier molecular flexibility index (Phi) is 5.95. The summed E-state index contributed by atoms with van der Waals surface area (Å²) in [5.74, 6) is -2.08. The summed E-state index contributed by atoms with van der Waals surface area (Å²) in [7, 11) is 0. The molecule has 0 radical (unpaired) electrons. The molecule has 88 valence electrons. The largest absolute Gasteiger partial charge is 0.471 e. The molecule has 0 aromatic heterocycles. The number of rotatable bonds is 6. The molecule has 0 rings (SSSR count). The van der Waals surface area contributed by atoms with E-state index < -0.39 is 24.7 Å². The summed E-state index contributed by atoms with van der Waals surface area (Å²) in [6.07, 6.45) is -4.67. The van der Waals surface area contributed by atoms with Gasteiger partial charge in [0.15, 0.2) is 0 Å². The Morgan fingerprint density at radius 3 is 2.67 bits per heavy atom. The SMILES string of the molecule is C=CCOCC(O)CNC(=O)C(F)(F)F. The van der Waals surface area contributed by atoms with Crippen LogP contribution in [0.4, 0.5) is 13.2 Å². The number of carbonyl (C=O) groups is 1. The minimum Gasteiger partial charge on any atom is -0.389 e. The average Bonchev–Trinajstić information content (AvgIpc) is 2.13. The fourth-order valence-corrected chi connectivity index (χ4v) is 0.657. The molecule has 2 N–H and O–H groups in total. The molecule has 0 spiro atoms. The van der Waals surface area contributed by atoms with Crippen molar-refractivity contribution in [1.82, 2.24) is 5.32 Å². The Morgan fingerprint density at radius 1 is 1.60 bits per heavy atom. The molecule has 1 amide bonds. The standard InChI is InChI=1S/C8H12F3NO3/c1-2-3-15-5-6(13)4-12-7(14)8(9,10)11/h2,6,13H,1,3-5H2,(H,12,14).